The average Bonchev–Trinajstić information content (AvgIpc) is 2.94. The maximum atomic E-state index is 11.7. The van der Waals surface area contributed by atoms with Crippen LogP contribution in [0.25, 0.3) is 11.0 Å². The predicted molar refractivity (Wildman–Crippen MR) is 77.0 cm³/mol. The quantitative estimate of drug-likeness (QED) is 0.827. The van der Waals surface area contributed by atoms with Gasteiger partial charge in [0.05, 0.1) is 5.69 Å². The monoisotopic (exact) mass is 313 g/mol. The summed E-state index contributed by atoms with van der Waals surface area (Å²) in [5.74, 6) is -1.54. The van der Waals surface area contributed by atoms with Crippen molar-refractivity contribution in [3.63, 3.8) is 0 Å². The van der Waals surface area contributed by atoms with Crippen molar-refractivity contribution in [2.75, 3.05) is 0 Å². The molecule has 0 saturated heterocycles. The topological polar surface area (TPSA) is 83.7 Å². The first-order chi connectivity index (χ1) is 9.52. The third-order valence-electron chi connectivity index (χ3n) is 2.67. The molecule has 0 aromatic carbocycles. The summed E-state index contributed by atoms with van der Waals surface area (Å²) < 4.78 is 1.76. The van der Waals surface area contributed by atoms with Gasteiger partial charge in [-0.05, 0) is 12.5 Å². The molecule has 106 valence electrons. The summed E-state index contributed by atoms with van der Waals surface area (Å²) >= 11 is 7.40. The zero-order chi connectivity index (χ0) is 14.7. The van der Waals surface area contributed by atoms with Gasteiger partial charge in [-0.1, -0.05) is 18.5 Å². The van der Waals surface area contributed by atoms with Crippen molar-refractivity contribution in [2.24, 2.45) is 0 Å². The first-order valence-corrected chi connectivity index (χ1v) is 7.11. The highest BCUT2D eigenvalue weighted by molar-refractivity contribution is 7.15. The molecule has 0 saturated carbocycles. The van der Waals surface area contributed by atoms with Gasteiger partial charge < -0.3 is 10.4 Å². The molecule has 0 aliphatic rings. The molecule has 20 heavy (non-hydrogen) atoms. The van der Waals surface area contributed by atoms with Gasteiger partial charge in [-0.15, -0.1) is 11.3 Å². The minimum Gasteiger partial charge on any atom is -0.480 e. The molecule has 0 spiro atoms. The summed E-state index contributed by atoms with van der Waals surface area (Å²) in [6.45, 7) is 1.69. The Bertz CT molecular complexity index is 677. The molecular formula is C12H12ClN3O3S. The van der Waals surface area contributed by atoms with Gasteiger partial charge in [0.25, 0.3) is 0 Å². The molecule has 0 radical (unpaired) electrons. The van der Waals surface area contributed by atoms with Crippen LogP contribution >= 0.6 is 22.9 Å². The number of nitrogens with zero attached hydrogens (tertiary/aromatic N) is 2. The SMILES string of the molecule is CC[C@@H](NC(=O)C=Cc1c(Cl)nc2sccn12)C(=O)O. The van der Waals surface area contributed by atoms with Crippen LogP contribution in [-0.4, -0.2) is 32.4 Å². The van der Waals surface area contributed by atoms with E-state index < -0.39 is 17.9 Å². The Labute approximate surface area is 123 Å². The van der Waals surface area contributed by atoms with E-state index in [9.17, 15) is 9.59 Å². The highest BCUT2D eigenvalue weighted by atomic mass is 35.5. The number of rotatable bonds is 5. The molecule has 2 heterocycles. The summed E-state index contributed by atoms with van der Waals surface area (Å²) in [5, 5.41) is 13.4. The van der Waals surface area contributed by atoms with Crippen LogP contribution in [-0.2, 0) is 9.59 Å². The fourth-order valence-corrected chi connectivity index (χ4v) is 2.64. The van der Waals surface area contributed by atoms with Crippen molar-refractivity contribution in [1.29, 1.82) is 0 Å². The number of carbonyl (C=O) groups is 2. The van der Waals surface area contributed by atoms with Crippen LogP contribution in [0.1, 0.15) is 19.0 Å². The number of aliphatic carboxylic acids is 1. The lowest BCUT2D eigenvalue weighted by atomic mass is 10.2. The van der Waals surface area contributed by atoms with Crippen LogP contribution in [0.3, 0.4) is 0 Å². The van der Waals surface area contributed by atoms with Crippen molar-refractivity contribution in [1.82, 2.24) is 14.7 Å². The lowest BCUT2D eigenvalue weighted by molar-refractivity contribution is -0.141. The molecule has 0 aliphatic carbocycles. The third-order valence-corrected chi connectivity index (χ3v) is 3.70. The van der Waals surface area contributed by atoms with Crippen molar-refractivity contribution in [3.8, 4) is 0 Å². The average molecular weight is 314 g/mol. The third kappa shape index (κ3) is 3.00. The Hall–Kier alpha value is -1.86. The number of carbonyl (C=O) groups excluding carboxylic acids is 1. The fourth-order valence-electron chi connectivity index (χ4n) is 1.64. The van der Waals surface area contributed by atoms with Gasteiger partial charge in [-0.3, -0.25) is 9.20 Å². The molecule has 0 unspecified atom stereocenters. The number of hydrogen-bond acceptors (Lipinski definition) is 4. The second-order valence-electron chi connectivity index (χ2n) is 3.98. The molecule has 1 amide bonds. The second kappa shape index (κ2) is 6.06. The number of carboxylic acids is 1. The van der Waals surface area contributed by atoms with Gasteiger partial charge in [0.15, 0.2) is 10.1 Å². The largest absolute Gasteiger partial charge is 0.480 e. The number of fused-ring (bicyclic) bond motifs is 1. The molecule has 6 nitrogen and oxygen atoms in total. The summed E-state index contributed by atoms with van der Waals surface area (Å²) in [6, 6.07) is -0.894. The van der Waals surface area contributed by atoms with E-state index in [1.807, 2.05) is 5.38 Å². The van der Waals surface area contributed by atoms with Crippen LogP contribution in [0.4, 0.5) is 0 Å². The zero-order valence-electron chi connectivity index (χ0n) is 10.5. The van der Waals surface area contributed by atoms with Crippen LogP contribution in [0.15, 0.2) is 17.7 Å². The summed E-state index contributed by atoms with van der Waals surface area (Å²) in [4.78, 5) is 27.3. The number of thiazole rings is 1. The summed E-state index contributed by atoms with van der Waals surface area (Å²) in [6.07, 6.45) is 4.87. The van der Waals surface area contributed by atoms with Gasteiger partial charge in [0.2, 0.25) is 5.91 Å². The maximum Gasteiger partial charge on any atom is 0.326 e. The maximum absolute atomic E-state index is 11.7. The Kier molecular flexibility index (Phi) is 4.41. The molecule has 2 N–H and O–H groups in total. The Morgan fingerprint density at radius 2 is 2.40 bits per heavy atom. The van der Waals surface area contributed by atoms with Gasteiger partial charge >= 0.3 is 5.97 Å². The van der Waals surface area contributed by atoms with Crippen LogP contribution in [0, 0.1) is 0 Å². The number of amides is 1. The lowest BCUT2D eigenvalue weighted by Crippen LogP contribution is -2.39. The van der Waals surface area contributed by atoms with E-state index in [0.29, 0.717) is 17.3 Å². The van der Waals surface area contributed by atoms with Crippen molar-refractivity contribution in [2.45, 2.75) is 19.4 Å². The zero-order valence-corrected chi connectivity index (χ0v) is 12.1. The molecule has 1 atom stereocenters. The van der Waals surface area contributed by atoms with Crippen molar-refractivity contribution in [3.05, 3.63) is 28.5 Å². The van der Waals surface area contributed by atoms with E-state index in [4.69, 9.17) is 16.7 Å². The molecule has 0 aliphatic heterocycles. The Morgan fingerprint density at radius 3 is 3.05 bits per heavy atom. The normalized spacial score (nSPS) is 12.9. The first-order valence-electron chi connectivity index (χ1n) is 5.85. The van der Waals surface area contributed by atoms with Gasteiger partial charge in [-0.25, -0.2) is 9.78 Å². The number of halogens is 1. The van der Waals surface area contributed by atoms with Gasteiger partial charge in [0, 0.05) is 17.7 Å². The molecule has 2 aromatic heterocycles. The number of nitrogens with one attached hydrogen (secondary N) is 1. The fraction of sp³-hybridized carbons (Fsp3) is 0.250. The van der Waals surface area contributed by atoms with Crippen molar-refractivity contribution >= 4 is 45.9 Å². The van der Waals surface area contributed by atoms with E-state index >= 15 is 0 Å². The minimum absolute atomic E-state index is 0.297. The number of hydrogen-bond donors (Lipinski definition) is 2. The van der Waals surface area contributed by atoms with Crippen LogP contribution in [0.2, 0.25) is 5.15 Å². The van der Waals surface area contributed by atoms with Crippen molar-refractivity contribution < 1.29 is 14.7 Å². The predicted octanol–water partition coefficient (Wildman–Crippen LogP) is 2.04. The molecule has 2 rings (SSSR count). The molecule has 0 bridgehead atoms. The second-order valence-corrected chi connectivity index (χ2v) is 5.22. The van der Waals surface area contributed by atoms with Crippen LogP contribution in [0.5, 0.6) is 0 Å². The van der Waals surface area contributed by atoms with E-state index in [0.717, 1.165) is 4.96 Å². The standard InChI is InChI=1S/C12H12ClN3O3S/c1-2-7(11(18)19)14-9(17)4-3-8-10(13)15-12-16(8)5-6-20-12/h3-7H,2H2,1H3,(H,14,17)(H,18,19)/t7-/m1/s1. The molecular weight excluding hydrogens is 302 g/mol. The highest BCUT2D eigenvalue weighted by Gasteiger charge is 2.16. The first kappa shape index (κ1) is 14.5. The number of carboxylic acid groups (broad SMARTS) is 1. The summed E-state index contributed by atoms with van der Waals surface area (Å²) in [5.41, 5.74) is 0.585. The number of aromatic nitrogens is 2. The van der Waals surface area contributed by atoms with Gasteiger partial charge in [-0.2, -0.15) is 0 Å². The molecule has 0 fully saturated rings. The van der Waals surface area contributed by atoms with E-state index in [2.05, 4.69) is 10.3 Å². The van der Waals surface area contributed by atoms with E-state index in [-0.39, 0.29) is 0 Å². The van der Waals surface area contributed by atoms with Crippen LogP contribution < -0.4 is 5.32 Å². The summed E-state index contributed by atoms with van der Waals surface area (Å²) in [7, 11) is 0. The van der Waals surface area contributed by atoms with E-state index in [1.54, 1.807) is 17.5 Å². The van der Waals surface area contributed by atoms with E-state index in [1.165, 1.54) is 23.5 Å². The highest BCUT2D eigenvalue weighted by Crippen LogP contribution is 2.22. The molecule has 2 aromatic rings. The minimum atomic E-state index is -1.06. The smallest absolute Gasteiger partial charge is 0.326 e. The van der Waals surface area contributed by atoms with Gasteiger partial charge in [0.1, 0.15) is 6.04 Å². The molecule has 8 heteroatoms. The number of imidazole rings is 1. The lowest BCUT2D eigenvalue weighted by Gasteiger charge is -2.09. The Balaban J connectivity index is 2.12. The Morgan fingerprint density at radius 1 is 1.65 bits per heavy atom.